The van der Waals surface area contributed by atoms with E-state index < -0.39 is 0 Å². The second-order valence-electron chi connectivity index (χ2n) is 17.2. The molecule has 4 bridgehead atoms. The molecule has 6 aliphatic rings. The van der Waals surface area contributed by atoms with Gasteiger partial charge in [-0.1, -0.05) is 50.4 Å². The van der Waals surface area contributed by atoms with Gasteiger partial charge >= 0.3 is 0 Å². The minimum atomic E-state index is 0.0560. The van der Waals surface area contributed by atoms with Crippen molar-refractivity contribution in [2.75, 3.05) is 49.9 Å². The number of nitrogens with zero attached hydrogens (tertiary/aromatic N) is 4. The number of hydrogen-bond donors (Lipinski definition) is 2. The van der Waals surface area contributed by atoms with Crippen molar-refractivity contribution in [3.63, 3.8) is 0 Å². The lowest BCUT2D eigenvalue weighted by molar-refractivity contribution is 0.0266. The van der Waals surface area contributed by atoms with E-state index in [0.717, 1.165) is 101 Å². The van der Waals surface area contributed by atoms with Crippen LogP contribution in [0.25, 0.3) is 20.4 Å². The normalized spacial score (nSPS) is 31.3. The topological polar surface area (TPSA) is 90.5 Å². The number of Topliss-reactive ketones (excluding diaryl/α,β-unsaturated/α-hetero) is 2. The fraction of sp³-hybridized carbons (Fsp3) is 0.619. The standard InChI is InChI=1S/2C21H27N3OS/c1-4-22-20-23-16-10-15-14(9-17(16)26-20)19(25)18-12(2)21(15,3)7-8-24(18)11-13-5-6-13;1-4-22-20-23-15-8-7-14-16(19(15)26-20)21(3)9-10-24(11-13-5-6-13)17(12(21)2)18(14)25/h9-10,12-13,18H,4-8,11H2,1-3H3,(H,22,23);7-8,12-13,17H,4-6,9-11H2,1-3H3,(H,22,23)/t12-,18-,21+;12-,17-,21+/m00/s1. The summed E-state index contributed by atoms with van der Waals surface area (Å²) in [4.78, 5) is 41.5. The summed E-state index contributed by atoms with van der Waals surface area (Å²) < 4.78 is 2.34. The molecule has 2 aromatic heterocycles. The zero-order valence-corrected chi connectivity index (χ0v) is 33.3. The van der Waals surface area contributed by atoms with Gasteiger partial charge in [0.2, 0.25) is 0 Å². The summed E-state index contributed by atoms with van der Waals surface area (Å²) in [5.74, 6) is 3.04. The lowest BCUT2D eigenvalue weighted by Gasteiger charge is -2.53. The Kier molecular flexibility index (Phi) is 8.60. The SMILES string of the molecule is CCNc1nc2cc3c(cc2s1)C(=O)[C@@H]1[C@H](C)[C@@]3(C)CCN1CC1CC1.CCNc1nc2ccc3c(c2s1)[C@]1(C)CCN(CC2CC2)[C@H](C3=O)[C@@H]1C. The predicted octanol–water partition coefficient (Wildman–Crippen LogP) is 8.61. The molecule has 0 unspecified atom stereocenters. The highest BCUT2D eigenvalue weighted by Crippen LogP contribution is 2.53. The molecule has 10 heteroatoms. The third kappa shape index (κ3) is 5.56. The molecule has 52 heavy (non-hydrogen) atoms. The van der Waals surface area contributed by atoms with Crippen LogP contribution in [0, 0.1) is 23.7 Å². The number of likely N-dealkylation sites (tertiary alicyclic amines) is 2. The van der Waals surface area contributed by atoms with Crippen molar-refractivity contribution < 1.29 is 9.59 Å². The van der Waals surface area contributed by atoms with Crippen molar-refractivity contribution in [1.29, 1.82) is 0 Å². The van der Waals surface area contributed by atoms with Crippen LogP contribution >= 0.6 is 22.7 Å². The van der Waals surface area contributed by atoms with E-state index in [1.54, 1.807) is 22.7 Å². The van der Waals surface area contributed by atoms with Gasteiger partial charge in [-0.3, -0.25) is 19.4 Å². The largest absolute Gasteiger partial charge is 0.362 e. The summed E-state index contributed by atoms with van der Waals surface area (Å²) in [6.45, 7) is 19.6. The molecule has 2 aliphatic heterocycles. The number of anilines is 2. The number of nitrogens with one attached hydrogen (secondary N) is 2. The van der Waals surface area contributed by atoms with Gasteiger partial charge in [0.05, 0.1) is 32.5 Å². The summed E-state index contributed by atoms with van der Waals surface area (Å²) in [5, 5.41) is 8.58. The Morgan fingerprint density at radius 3 is 1.92 bits per heavy atom. The van der Waals surface area contributed by atoms with Crippen LogP contribution in [0.4, 0.5) is 10.3 Å². The lowest BCUT2D eigenvalue weighted by Crippen LogP contribution is -2.61. The number of benzene rings is 2. The van der Waals surface area contributed by atoms with E-state index in [1.165, 1.54) is 41.5 Å². The quantitative estimate of drug-likeness (QED) is 0.186. The first-order valence-electron chi connectivity index (χ1n) is 20.0. The van der Waals surface area contributed by atoms with Crippen molar-refractivity contribution in [2.45, 2.75) is 103 Å². The van der Waals surface area contributed by atoms with E-state index in [2.05, 4.69) is 74.1 Å². The van der Waals surface area contributed by atoms with Crippen LogP contribution in [-0.2, 0) is 10.8 Å². The third-order valence-corrected chi connectivity index (χ3v) is 16.0. The number of aromatic nitrogens is 2. The van der Waals surface area contributed by atoms with Crippen molar-refractivity contribution in [3.05, 3.63) is 46.5 Å². The molecule has 2 N–H and O–H groups in total. The Morgan fingerprint density at radius 2 is 1.31 bits per heavy atom. The number of thiazole rings is 2. The Morgan fingerprint density at radius 1 is 0.750 bits per heavy atom. The molecule has 276 valence electrons. The number of rotatable bonds is 8. The molecule has 2 aromatic carbocycles. The van der Waals surface area contributed by atoms with Gasteiger partial charge in [0.1, 0.15) is 0 Å². The Labute approximate surface area is 316 Å². The number of carbonyl (C=O) groups excluding carboxylic acids is 2. The van der Waals surface area contributed by atoms with E-state index in [-0.39, 0.29) is 22.9 Å². The minimum Gasteiger partial charge on any atom is -0.362 e. The van der Waals surface area contributed by atoms with Crippen molar-refractivity contribution in [3.8, 4) is 0 Å². The predicted molar refractivity (Wildman–Crippen MR) is 215 cm³/mol. The zero-order chi connectivity index (χ0) is 36.1. The van der Waals surface area contributed by atoms with Gasteiger partial charge in [0.15, 0.2) is 21.8 Å². The molecule has 4 fully saturated rings. The summed E-state index contributed by atoms with van der Waals surface area (Å²) >= 11 is 3.37. The highest BCUT2D eigenvalue weighted by atomic mass is 32.1. The number of fused-ring (bicyclic) bond motifs is 11. The molecule has 4 aliphatic carbocycles. The first-order chi connectivity index (χ1) is 25.0. The lowest BCUT2D eigenvalue weighted by atomic mass is 9.58. The first kappa shape index (κ1) is 34.8. The van der Waals surface area contributed by atoms with Gasteiger partial charge < -0.3 is 10.6 Å². The molecule has 0 amide bonds. The molecule has 4 aromatic rings. The molecule has 4 heterocycles. The maximum atomic E-state index is 13.5. The number of piperidine rings is 2. The number of carbonyl (C=O) groups is 2. The number of ketones is 2. The molecular formula is C42H54N6O2S2. The van der Waals surface area contributed by atoms with Crippen molar-refractivity contribution >= 4 is 64.9 Å². The van der Waals surface area contributed by atoms with E-state index in [0.29, 0.717) is 23.4 Å². The molecule has 8 nitrogen and oxygen atoms in total. The maximum Gasteiger partial charge on any atom is 0.183 e. The van der Waals surface area contributed by atoms with Crippen LogP contribution in [-0.4, -0.2) is 82.7 Å². The Balaban J connectivity index is 0.000000138. The highest BCUT2D eigenvalue weighted by Gasteiger charge is 2.55. The van der Waals surface area contributed by atoms with Gasteiger partial charge in [-0.2, -0.15) is 0 Å². The summed E-state index contributed by atoms with van der Waals surface area (Å²) in [5.41, 5.74) is 6.61. The molecule has 6 atom stereocenters. The Bertz CT molecular complexity index is 2040. The van der Waals surface area contributed by atoms with E-state index in [4.69, 9.17) is 9.97 Å². The minimum absolute atomic E-state index is 0.0560. The van der Waals surface area contributed by atoms with Crippen LogP contribution in [0.5, 0.6) is 0 Å². The second-order valence-corrected chi connectivity index (χ2v) is 19.2. The average Bonchev–Trinajstić information content (AvgIpc) is 4.04. The maximum absolute atomic E-state index is 13.5. The molecule has 10 rings (SSSR count). The van der Waals surface area contributed by atoms with Crippen LogP contribution in [0.15, 0.2) is 24.3 Å². The van der Waals surface area contributed by atoms with Crippen molar-refractivity contribution in [2.24, 2.45) is 23.7 Å². The summed E-state index contributed by atoms with van der Waals surface area (Å²) in [6, 6.07) is 8.55. The van der Waals surface area contributed by atoms with Crippen LogP contribution in [0.1, 0.15) is 112 Å². The first-order valence-corrected chi connectivity index (χ1v) is 21.6. The smallest absolute Gasteiger partial charge is 0.183 e. The number of hydrogen-bond acceptors (Lipinski definition) is 10. The molecule has 0 spiro atoms. The third-order valence-electron chi connectivity index (χ3n) is 14.0. The van der Waals surface area contributed by atoms with Gasteiger partial charge in [0, 0.05) is 42.7 Å². The van der Waals surface area contributed by atoms with Crippen LogP contribution < -0.4 is 10.6 Å². The average molecular weight is 739 g/mol. The summed E-state index contributed by atoms with van der Waals surface area (Å²) in [6.07, 6.45) is 7.63. The van der Waals surface area contributed by atoms with Crippen LogP contribution in [0.2, 0.25) is 0 Å². The fourth-order valence-electron chi connectivity index (χ4n) is 10.2. The van der Waals surface area contributed by atoms with Gasteiger partial charge in [0.25, 0.3) is 0 Å². The molecule has 2 saturated carbocycles. The molecule has 0 radical (unpaired) electrons. The zero-order valence-electron chi connectivity index (χ0n) is 31.7. The fourth-order valence-corrected chi connectivity index (χ4v) is 12.4. The Hall–Kier alpha value is -2.92. The van der Waals surface area contributed by atoms with E-state index in [9.17, 15) is 9.59 Å². The summed E-state index contributed by atoms with van der Waals surface area (Å²) in [7, 11) is 0. The highest BCUT2D eigenvalue weighted by molar-refractivity contribution is 7.22. The monoisotopic (exact) mass is 738 g/mol. The van der Waals surface area contributed by atoms with Crippen molar-refractivity contribution in [1.82, 2.24) is 19.8 Å². The van der Waals surface area contributed by atoms with Crippen LogP contribution in [0.3, 0.4) is 0 Å². The van der Waals surface area contributed by atoms with Gasteiger partial charge in [-0.05, 0) is 130 Å². The second kappa shape index (κ2) is 12.8. The molecular weight excluding hydrogens is 685 g/mol. The van der Waals surface area contributed by atoms with E-state index >= 15 is 0 Å². The van der Waals surface area contributed by atoms with Gasteiger partial charge in [-0.15, -0.1) is 0 Å². The molecule has 2 saturated heterocycles. The van der Waals surface area contributed by atoms with Gasteiger partial charge in [-0.25, -0.2) is 9.97 Å². The van der Waals surface area contributed by atoms with E-state index in [1.807, 2.05) is 12.1 Å².